The first-order valence-corrected chi connectivity index (χ1v) is 7.48. The molecule has 5 nitrogen and oxygen atoms in total. The molecule has 114 valence electrons. The Balaban J connectivity index is 2.12. The summed E-state index contributed by atoms with van der Waals surface area (Å²) in [6.45, 7) is 4.01. The summed E-state index contributed by atoms with van der Waals surface area (Å²) in [6.07, 6.45) is 6.84. The number of hydrogen-bond acceptors (Lipinski definition) is 5. The van der Waals surface area contributed by atoms with Gasteiger partial charge in [-0.3, -0.25) is 4.98 Å². The Labute approximate surface area is 133 Å². The Morgan fingerprint density at radius 2 is 1.91 bits per heavy atom. The normalized spacial score (nSPS) is 12.8. The summed E-state index contributed by atoms with van der Waals surface area (Å²) < 4.78 is 6.19. The minimum atomic E-state index is -0.110. The van der Waals surface area contributed by atoms with E-state index >= 15 is 0 Å². The van der Waals surface area contributed by atoms with Crippen LogP contribution >= 0.6 is 0 Å². The highest BCUT2D eigenvalue weighted by molar-refractivity contribution is 6.08. The van der Waals surface area contributed by atoms with Crippen LogP contribution in [0.15, 0.2) is 47.5 Å². The van der Waals surface area contributed by atoms with E-state index in [4.69, 9.17) is 10.2 Å². The fourth-order valence-electron chi connectivity index (χ4n) is 2.94. The van der Waals surface area contributed by atoms with Gasteiger partial charge in [0.15, 0.2) is 5.58 Å². The summed E-state index contributed by atoms with van der Waals surface area (Å²) in [6, 6.07) is 5.97. The zero-order chi connectivity index (χ0) is 16.0. The van der Waals surface area contributed by atoms with Gasteiger partial charge in [-0.2, -0.15) is 0 Å². The topological polar surface area (TPSA) is 77.8 Å². The minimum Gasteiger partial charge on any atom is -0.453 e. The van der Waals surface area contributed by atoms with Crippen molar-refractivity contribution in [3.63, 3.8) is 0 Å². The number of hydrogen-bond donors (Lipinski definition) is 1. The van der Waals surface area contributed by atoms with Crippen molar-refractivity contribution in [1.82, 2.24) is 15.0 Å². The van der Waals surface area contributed by atoms with Gasteiger partial charge >= 0.3 is 0 Å². The molecule has 5 heteroatoms. The molecular formula is C18H16N4O. The number of furan rings is 1. The molecule has 0 fully saturated rings. The number of benzene rings is 1. The molecule has 0 aliphatic carbocycles. The highest BCUT2D eigenvalue weighted by Crippen LogP contribution is 2.37. The molecule has 0 bridgehead atoms. The molecule has 23 heavy (non-hydrogen) atoms. The highest BCUT2D eigenvalue weighted by atomic mass is 16.3. The monoisotopic (exact) mass is 304 g/mol. The van der Waals surface area contributed by atoms with Crippen LogP contribution in [0.1, 0.15) is 24.1 Å². The van der Waals surface area contributed by atoms with Crippen molar-refractivity contribution in [2.24, 2.45) is 5.73 Å². The van der Waals surface area contributed by atoms with E-state index in [0.29, 0.717) is 0 Å². The van der Waals surface area contributed by atoms with Crippen LogP contribution < -0.4 is 5.73 Å². The molecule has 4 aromatic rings. The number of fused-ring (bicyclic) bond motifs is 3. The average molecular weight is 304 g/mol. The van der Waals surface area contributed by atoms with Crippen molar-refractivity contribution in [3.8, 4) is 11.1 Å². The number of pyridine rings is 1. The van der Waals surface area contributed by atoms with Crippen LogP contribution in [0.5, 0.6) is 0 Å². The first-order valence-electron chi connectivity index (χ1n) is 7.48. The molecule has 3 heterocycles. The number of aryl methyl sites for hydroxylation is 1. The molecule has 0 spiro atoms. The fourth-order valence-corrected chi connectivity index (χ4v) is 2.94. The quantitative estimate of drug-likeness (QED) is 0.610. The third kappa shape index (κ3) is 2.17. The Hall–Kier alpha value is -2.79. The van der Waals surface area contributed by atoms with Gasteiger partial charge in [0.2, 0.25) is 0 Å². The second-order valence-electron chi connectivity index (χ2n) is 5.78. The van der Waals surface area contributed by atoms with E-state index in [-0.39, 0.29) is 6.04 Å². The second kappa shape index (κ2) is 5.14. The van der Waals surface area contributed by atoms with Gasteiger partial charge in [0.1, 0.15) is 17.4 Å². The molecule has 0 radical (unpaired) electrons. The van der Waals surface area contributed by atoms with Crippen molar-refractivity contribution in [2.45, 2.75) is 19.9 Å². The van der Waals surface area contributed by atoms with Gasteiger partial charge in [0.05, 0.1) is 0 Å². The average Bonchev–Trinajstić information content (AvgIpc) is 2.93. The van der Waals surface area contributed by atoms with E-state index < -0.39 is 0 Å². The third-order valence-electron chi connectivity index (χ3n) is 3.99. The number of rotatable bonds is 2. The van der Waals surface area contributed by atoms with Crippen molar-refractivity contribution in [1.29, 1.82) is 0 Å². The van der Waals surface area contributed by atoms with E-state index in [1.165, 1.54) is 6.33 Å². The van der Waals surface area contributed by atoms with Gasteiger partial charge < -0.3 is 10.2 Å². The second-order valence-corrected chi connectivity index (χ2v) is 5.78. The van der Waals surface area contributed by atoms with E-state index in [1.54, 1.807) is 18.6 Å². The lowest BCUT2D eigenvalue weighted by atomic mass is 10.0. The van der Waals surface area contributed by atoms with Gasteiger partial charge in [-0.05, 0) is 31.5 Å². The first-order chi connectivity index (χ1) is 11.1. The Bertz CT molecular complexity index is 1010. The molecule has 2 N–H and O–H groups in total. The highest BCUT2D eigenvalue weighted by Gasteiger charge is 2.17. The first kappa shape index (κ1) is 13.8. The summed E-state index contributed by atoms with van der Waals surface area (Å²) in [5.41, 5.74) is 12.5. The Morgan fingerprint density at radius 1 is 1.13 bits per heavy atom. The van der Waals surface area contributed by atoms with Gasteiger partial charge in [-0.25, -0.2) is 9.97 Å². The van der Waals surface area contributed by atoms with Crippen LogP contribution in [-0.2, 0) is 0 Å². The number of nitrogens with zero attached hydrogens (tertiary/aromatic N) is 3. The molecule has 0 unspecified atom stereocenters. The fraction of sp³-hybridized carbons (Fsp3) is 0.167. The maximum absolute atomic E-state index is 6.19. The van der Waals surface area contributed by atoms with Gasteiger partial charge in [0.25, 0.3) is 0 Å². The molecule has 0 saturated carbocycles. The number of nitrogens with two attached hydrogens (primary N) is 1. The number of aromatic nitrogens is 3. The minimum absolute atomic E-state index is 0.110. The van der Waals surface area contributed by atoms with Crippen molar-refractivity contribution >= 4 is 22.1 Å². The standard InChI is InChI=1S/C18H16N4O/c1-10-5-14(11(2)19)17-15(6-10)16-18(23-17)13(3-4-22-16)12-7-20-9-21-8-12/h3-9,11H,19H2,1-2H3/t11-/m1/s1. The predicted octanol–water partition coefficient (Wildman–Crippen LogP) is 3.77. The maximum Gasteiger partial charge on any atom is 0.161 e. The van der Waals surface area contributed by atoms with Crippen LogP contribution in [0.2, 0.25) is 0 Å². The van der Waals surface area contributed by atoms with Crippen LogP contribution in [0, 0.1) is 6.92 Å². The molecule has 0 saturated heterocycles. The lowest BCUT2D eigenvalue weighted by Gasteiger charge is -2.07. The molecule has 1 atom stereocenters. The van der Waals surface area contributed by atoms with Gasteiger partial charge in [-0.15, -0.1) is 0 Å². The largest absolute Gasteiger partial charge is 0.453 e. The third-order valence-corrected chi connectivity index (χ3v) is 3.99. The molecule has 0 aliphatic heterocycles. The maximum atomic E-state index is 6.19. The summed E-state index contributed by atoms with van der Waals surface area (Å²) in [7, 11) is 0. The summed E-state index contributed by atoms with van der Waals surface area (Å²) in [5, 5.41) is 0.992. The lowest BCUT2D eigenvalue weighted by Crippen LogP contribution is -2.05. The van der Waals surface area contributed by atoms with E-state index in [0.717, 1.165) is 44.3 Å². The van der Waals surface area contributed by atoms with Gasteiger partial charge in [-0.1, -0.05) is 6.07 Å². The van der Waals surface area contributed by atoms with Crippen LogP contribution in [-0.4, -0.2) is 15.0 Å². The molecule has 1 aromatic carbocycles. The lowest BCUT2D eigenvalue weighted by molar-refractivity contribution is 0.654. The van der Waals surface area contributed by atoms with E-state index in [9.17, 15) is 0 Å². The zero-order valence-corrected chi connectivity index (χ0v) is 12.9. The smallest absolute Gasteiger partial charge is 0.161 e. The molecule has 3 aromatic heterocycles. The van der Waals surface area contributed by atoms with Crippen molar-refractivity contribution in [3.05, 3.63) is 54.2 Å². The Morgan fingerprint density at radius 3 is 2.65 bits per heavy atom. The Kier molecular flexibility index (Phi) is 3.09. The van der Waals surface area contributed by atoms with Crippen molar-refractivity contribution < 1.29 is 4.42 Å². The predicted molar refractivity (Wildman–Crippen MR) is 89.9 cm³/mol. The van der Waals surface area contributed by atoms with Crippen LogP contribution in [0.4, 0.5) is 0 Å². The zero-order valence-electron chi connectivity index (χ0n) is 12.9. The van der Waals surface area contributed by atoms with Crippen molar-refractivity contribution in [2.75, 3.05) is 0 Å². The van der Waals surface area contributed by atoms with Crippen LogP contribution in [0.3, 0.4) is 0 Å². The molecule has 0 aliphatic rings. The molecular weight excluding hydrogens is 288 g/mol. The summed E-state index contributed by atoms with van der Waals surface area (Å²) in [5.74, 6) is 0. The summed E-state index contributed by atoms with van der Waals surface area (Å²) >= 11 is 0. The molecule has 4 rings (SSSR count). The SMILES string of the molecule is Cc1cc([C@@H](C)N)c2oc3c(-c4cncnc4)ccnc3c2c1. The van der Waals surface area contributed by atoms with Crippen LogP contribution in [0.25, 0.3) is 33.2 Å². The van der Waals surface area contributed by atoms with E-state index in [1.807, 2.05) is 13.0 Å². The molecule has 0 amide bonds. The van der Waals surface area contributed by atoms with E-state index in [2.05, 4.69) is 34.0 Å². The van der Waals surface area contributed by atoms with Gasteiger partial charge in [0, 0.05) is 46.7 Å². The summed E-state index contributed by atoms with van der Waals surface area (Å²) in [4.78, 5) is 12.7.